The SMILES string of the molecule is Cc1cc(C(C)(C)C)cc(C)c1C(N)C1(C)CC1. The smallest absolute Gasteiger partial charge is 0.0354 e. The molecule has 18 heavy (non-hydrogen) atoms. The fraction of sp³-hybridized carbons (Fsp3) is 0.647. The molecule has 1 fully saturated rings. The first-order chi connectivity index (χ1) is 8.15. The molecular weight excluding hydrogens is 218 g/mol. The van der Waals surface area contributed by atoms with Crippen LogP contribution in [0.5, 0.6) is 0 Å². The minimum atomic E-state index is 0.200. The lowest BCUT2D eigenvalue weighted by molar-refractivity contribution is 0.447. The molecule has 0 spiro atoms. The third-order valence-electron chi connectivity index (χ3n) is 4.56. The summed E-state index contributed by atoms with van der Waals surface area (Å²) in [6.07, 6.45) is 2.54. The molecule has 100 valence electrons. The number of hydrogen-bond donors (Lipinski definition) is 1. The largest absolute Gasteiger partial charge is 0.323 e. The van der Waals surface area contributed by atoms with Gasteiger partial charge in [-0.1, -0.05) is 39.8 Å². The molecular formula is C17H27N. The Balaban J connectivity index is 2.44. The van der Waals surface area contributed by atoms with Crippen LogP contribution in [-0.2, 0) is 5.41 Å². The number of aryl methyl sites for hydroxylation is 2. The molecule has 1 unspecified atom stereocenters. The molecule has 1 heteroatoms. The molecule has 0 heterocycles. The van der Waals surface area contributed by atoms with Crippen molar-refractivity contribution in [3.8, 4) is 0 Å². The van der Waals surface area contributed by atoms with Crippen molar-refractivity contribution in [1.29, 1.82) is 0 Å². The molecule has 0 bridgehead atoms. The van der Waals surface area contributed by atoms with Gasteiger partial charge in [0.1, 0.15) is 0 Å². The van der Waals surface area contributed by atoms with Gasteiger partial charge in [-0.15, -0.1) is 0 Å². The zero-order chi connectivity index (χ0) is 13.7. The monoisotopic (exact) mass is 245 g/mol. The molecule has 2 N–H and O–H groups in total. The lowest BCUT2D eigenvalue weighted by Crippen LogP contribution is -2.23. The Kier molecular flexibility index (Phi) is 3.09. The number of rotatable bonds is 2. The maximum atomic E-state index is 6.50. The summed E-state index contributed by atoms with van der Waals surface area (Å²) in [5.74, 6) is 0. The van der Waals surface area contributed by atoms with Gasteiger partial charge in [-0.05, 0) is 59.8 Å². The third kappa shape index (κ3) is 2.33. The van der Waals surface area contributed by atoms with E-state index in [9.17, 15) is 0 Å². The van der Waals surface area contributed by atoms with Crippen LogP contribution in [0.25, 0.3) is 0 Å². The van der Waals surface area contributed by atoms with Crippen molar-refractivity contribution in [2.24, 2.45) is 11.1 Å². The molecule has 1 aliphatic rings. The summed E-state index contributed by atoms with van der Waals surface area (Å²) in [6, 6.07) is 4.86. The van der Waals surface area contributed by atoms with Crippen molar-refractivity contribution in [3.05, 3.63) is 34.4 Å². The van der Waals surface area contributed by atoms with Crippen LogP contribution >= 0.6 is 0 Å². The van der Waals surface area contributed by atoms with Gasteiger partial charge in [0.15, 0.2) is 0 Å². The zero-order valence-electron chi connectivity index (χ0n) is 12.7. The average Bonchev–Trinajstić information content (AvgIpc) is 2.95. The van der Waals surface area contributed by atoms with Gasteiger partial charge in [0.25, 0.3) is 0 Å². The Morgan fingerprint density at radius 1 is 1.11 bits per heavy atom. The van der Waals surface area contributed by atoms with Crippen LogP contribution in [0.2, 0.25) is 0 Å². The van der Waals surface area contributed by atoms with Gasteiger partial charge in [-0.2, -0.15) is 0 Å². The first-order valence-electron chi connectivity index (χ1n) is 7.02. The third-order valence-corrected chi connectivity index (χ3v) is 4.56. The van der Waals surface area contributed by atoms with Crippen LogP contribution in [0.1, 0.15) is 68.8 Å². The van der Waals surface area contributed by atoms with Crippen LogP contribution in [0, 0.1) is 19.3 Å². The quantitative estimate of drug-likeness (QED) is 0.821. The van der Waals surface area contributed by atoms with E-state index in [1.165, 1.54) is 35.1 Å². The molecule has 0 saturated heterocycles. The van der Waals surface area contributed by atoms with Gasteiger partial charge in [-0.25, -0.2) is 0 Å². The van der Waals surface area contributed by atoms with Crippen molar-refractivity contribution < 1.29 is 0 Å². The van der Waals surface area contributed by atoms with Gasteiger partial charge in [0.05, 0.1) is 0 Å². The van der Waals surface area contributed by atoms with E-state index in [0.29, 0.717) is 5.41 Å². The summed E-state index contributed by atoms with van der Waals surface area (Å²) in [6.45, 7) is 13.5. The fourth-order valence-corrected chi connectivity index (χ4v) is 2.75. The predicted octanol–water partition coefficient (Wildman–Crippen LogP) is 4.40. The second-order valence-corrected chi connectivity index (χ2v) is 7.41. The van der Waals surface area contributed by atoms with E-state index in [2.05, 4.69) is 53.7 Å². The standard InChI is InChI=1S/C17H27N/c1-11-9-13(16(3,4)5)10-12(2)14(11)15(18)17(6)7-8-17/h9-10,15H,7-8,18H2,1-6H3. The van der Waals surface area contributed by atoms with Gasteiger partial charge >= 0.3 is 0 Å². The van der Waals surface area contributed by atoms with Crippen molar-refractivity contribution in [1.82, 2.24) is 0 Å². The van der Waals surface area contributed by atoms with Crippen LogP contribution in [-0.4, -0.2) is 0 Å². The van der Waals surface area contributed by atoms with E-state index in [1.54, 1.807) is 0 Å². The Morgan fingerprint density at radius 3 is 1.89 bits per heavy atom. The number of benzene rings is 1. The molecule has 1 atom stereocenters. The summed E-state index contributed by atoms with van der Waals surface area (Å²) in [5.41, 5.74) is 12.6. The van der Waals surface area contributed by atoms with Crippen molar-refractivity contribution in [2.45, 2.75) is 65.8 Å². The van der Waals surface area contributed by atoms with Crippen molar-refractivity contribution in [3.63, 3.8) is 0 Å². The minimum absolute atomic E-state index is 0.200. The van der Waals surface area contributed by atoms with E-state index in [0.717, 1.165) is 0 Å². The fourth-order valence-electron chi connectivity index (χ4n) is 2.75. The molecule has 0 aromatic heterocycles. The second-order valence-electron chi connectivity index (χ2n) is 7.41. The molecule has 1 saturated carbocycles. The van der Waals surface area contributed by atoms with Crippen molar-refractivity contribution in [2.75, 3.05) is 0 Å². The molecule has 1 aromatic rings. The van der Waals surface area contributed by atoms with E-state index in [4.69, 9.17) is 5.73 Å². The highest BCUT2D eigenvalue weighted by Gasteiger charge is 2.44. The lowest BCUT2D eigenvalue weighted by atomic mass is 9.80. The zero-order valence-corrected chi connectivity index (χ0v) is 12.7. The second kappa shape index (κ2) is 4.09. The van der Waals surface area contributed by atoms with Crippen LogP contribution in [0.3, 0.4) is 0 Å². The Hall–Kier alpha value is -0.820. The molecule has 1 nitrogen and oxygen atoms in total. The molecule has 2 rings (SSSR count). The molecule has 1 aliphatic carbocycles. The molecule has 0 amide bonds. The summed E-state index contributed by atoms with van der Waals surface area (Å²) >= 11 is 0. The first-order valence-corrected chi connectivity index (χ1v) is 7.02. The predicted molar refractivity (Wildman–Crippen MR) is 78.9 cm³/mol. The highest BCUT2D eigenvalue weighted by atomic mass is 14.7. The van der Waals surface area contributed by atoms with Crippen molar-refractivity contribution >= 4 is 0 Å². The summed E-state index contributed by atoms with van der Waals surface area (Å²) in [7, 11) is 0. The minimum Gasteiger partial charge on any atom is -0.323 e. The van der Waals surface area contributed by atoms with E-state index < -0.39 is 0 Å². The normalized spacial score (nSPS) is 19.7. The first kappa shape index (κ1) is 13.6. The summed E-state index contributed by atoms with van der Waals surface area (Å²) in [5, 5.41) is 0. The van der Waals surface area contributed by atoms with Gasteiger partial charge in [0, 0.05) is 6.04 Å². The highest BCUT2D eigenvalue weighted by Crippen LogP contribution is 2.54. The molecule has 1 aromatic carbocycles. The van der Waals surface area contributed by atoms with Gasteiger partial charge < -0.3 is 5.73 Å². The van der Waals surface area contributed by atoms with Crippen LogP contribution in [0.15, 0.2) is 12.1 Å². The summed E-state index contributed by atoms with van der Waals surface area (Å²) in [4.78, 5) is 0. The van der Waals surface area contributed by atoms with E-state index in [-0.39, 0.29) is 11.5 Å². The maximum absolute atomic E-state index is 6.50. The Bertz CT molecular complexity index is 438. The highest BCUT2D eigenvalue weighted by molar-refractivity contribution is 5.43. The topological polar surface area (TPSA) is 26.0 Å². The van der Waals surface area contributed by atoms with Crippen LogP contribution < -0.4 is 5.73 Å². The Morgan fingerprint density at radius 2 is 1.56 bits per heavy atom. The summed E-state index contributed by atoms with van der Waals surface area (Å²) < 4.78 is 0. The van der Waals surface area contributed by atoms with Crippen LogP contribution in [0.4, 0.5) is 0 Å². The van der Waals surface area contributed by atoms with Gasteiger partial charge in [-0.3, -0.25) is 0 Å². The van der Waals surface area contributed by atoms with Gasteiger partial charge in [0.2, 0.25) is 0 Å². The number of nitrogens with two attached hydrogens (primary N) is 1. The Labute approximate surface area is 112 Å². The average molecular weight is 245 g/mol. The molecule has 0 radical (unpaired) electrons. The maximum Gasteiger partial charge on any atom is 0.0354 e. The lowest BCUT2D eigenvalue weighted by Gasteiger charge is -2.27. The van der Waals surface area contributed by atoms with E-state index in [1.807, 2.05) is 0 Å². The van der Waals surface area contributed by atoms with E-state index >= 15 is 0 Å². The number of hydrogen-bond acceptors (Lipinski definition) is 1. The molecule has 0 aliphatic heterocycles.